The molecule has 7 heteroatoms. The van der Waals surface area contributed by atoms with Gasteiger partial charge in [0.1, 0.15) is 0 Å². The van der Waals surface area contributed by atoms with Crippen molar-refractivity contribution in [3.05, 3.63) is 59.2 Å². The van der Waals surface area contributed by atoms with E-state index in [0.29, 0.717) is 17.8 Å². The Morgan fingerprint density at radius 1 is 1.03 bits per heavy atom. The predicted octanol–water partition coefficient (Wildman–Crippen LogP) is 4.20. The molecule has 0 radical (unpaired) electrons. The summed E-state index contributed by atoms with van der Waals surface area (Å²) in [5.74, 6) is 1.27. The number of hydrogen-bond acceptors (Lipinski definition) is 4. The molecule has 1 fully saturated rings. The van der Waals surface area contributed by atoms with E-state index in [9.17, 15) is 13.2 Å². The van der Waals surface area contributed by atoms with Crippen molar-refractivity contribution in [2.75, 3.05) is 30.9 Å². The molecule has 6 nitrogen and oxygen atoms in total. The van der Waals surface area contributed by atoms with Gasteiger partial charge in [-0.25, -0.2) is 8.42 Å². The van der Waals surface area contributed by atoms with E-state index in [0.717, 1.165) is 49.0 Å². The summed E-state index contributed by atoms with van der Waals surface area (Å²) in [6, 6.07) is 11.6. The molecule has 1 amide bonds. The summed E-state index contributed by atoms with van der Waals surface area (Å²) in [6.07, 6.45) is 2.19. The zero-order valence-corrected chi connectivity index (χ0v) is 20.3. The maximum Gasteiger partial charge on any atom is 0.261 e. The average Bonchev–Trinajstić information content (AvgIpc) is 2.74. The molecule has 174 valence electrons. The number of carbonyl (C=O) groups excluding carboxylic acids is 1. The third-order valence-electron chi connectivity index (χ3n) is 6.16. The molecule has 3 rings (SSSR count). The van der Waals surface area contributed by atoms with Crippen LogP contribution in [0.3, 0.4) is 0 Å². The molecular formula is C25H35N3O3S. The van der Waals surface area contributed by atoms with Crippen molar-refractivity contribution in [1.82, 2.24) is 10.2 Å². The number of anilines is 1. The second-order valence-corrected chi connectivity index (χ2v) is 10.9. The Balaban J connectivity index is 1.52. The number of sulfonamides is 1. The second kappa shape index (κ2) is 10.5. The minimum absolute atomic E-state index is 0.128. The number of aryl methyl sites for hydroxylation is 1. The van der Waals surface area contributed by atoms with E-state index in [4.69, 9.17) is 0 Å². The van der Waals surface area contributed by atoms with Crippen molar-refractivity contribution in [2.45, 2.75) is 45.4 Å². The van der Waals surface area contributed by atoms with Gasteiger partial charge in [0, 0.05) is 25.2 Å². The summed E-state index contributed by atoms with van der Waals surface area (Å²) < 4.78 is 28.1. The summed E-state index contributed by atoms with van der Waals surface area (Å²) in [6.45, 7) is 12.3. The number of likely N-dealkylation sites (tertiary alicyclic amines) is 1. The molecule has 2 N–H and O–H groups in total. The lowest BCUT2D eigenvalue weighted by atomic mass is 9.92. The zero-order chi connectivity index (χ0) is 23.3. The Morgan fingerprint density at radius 3 is 2.34 bits per heavy atom. The van der Waals surface area contributed by atoms with Gasteiger partial charge in [-0.05, 0) is 86.5 Å². The standard InChI is InChI=1S/C25H35N3O3S/c1-18-15-19(2)17-28(16-18)14-6-13-26-25(29)22-9-11-23(12-10-22)32(30,31)27-24-8-5-7-20(3)21(24)4/h5,7-12,18-19,27H,6,13-17H2,1-4H3,(H,26,29). The number of piperidine rings is 1. The summed E-state index contributed by atoms with van der Waals surface area (Å²) in [4.78, 5) is 15.1. The van der Waals surface area contributed by atoms with Crippen LogP contribution in [0.15, 0.2) is 47.4 Å². The first-order valence-electron chi connectivity index (χ1n) is 11.4. The molecule has 1 aliphatic heterocycles. The smallest absolute Gasteiger partial charge is 0.261 e. The van der Waals surface area contributed by atoms with E-state index in [1.807, 2.05) is 26.0 Å². The van der Waals surface area contributed by atoms with Crippen molar-refractivity contribution in [3.63, 3.8) is 0 Å². The first kappa shape index (κ1) is 24.3. The van der Waals surface area contributed by atoms with Crippen molar-refractivity contribution >= 4 is 21.6 Å². The summed E-state index contributed by atoms with van der Waals surface area (Å²) in [5, 5.41) is 2.94. The fourth-order valence-corrected chi connectivity index (χ4v) is 5.55. The first-order chi connectivity index (χ1) is 15.2. The highest BCUT2D eigenvalue weighted by Gasteiger charge is 2.21. The van der Waals surface area contributed by atoms with Crippen LogP contribution in [0.2, 0.25) is 0 Å². The summed E-state index contributed by atoms with van der Waals surface area (Å²) >= 11 is 0. The van der Waals surface area contributed by atoms with Gasteiger partial charge < -0.3 is 10.2 Å². The molecular weight excluding hydrogens is 422 g/mol. The van der Waals surface area contributed by atoms with E-state index in [-0.39, 0.29) is 10.8 Å². The maximum atomic E-state index is 12.7. The quantitative estimate of drug-likeness (QED) is 0.582. The largest absolute Gasteiger partial charge is 0.352 e. The van der Waals surface area contributed by atoms with Crippen LogP contribution in [0.4, 0.5) is 5.69 Å². The van der Waals surface area contributed by atoms with E-state index in [2.05, 4.69) is 28.8 Å². The van der Waals surface area contributed by atoms with Gasteiger partial charge in [0.15, 0.2) is 0 Å². The Hall–Kier alpha value is -2.38. The zero-order valence-electron chi connectivity index (χ0n) is 19.5. The van der Waals surface area contributed by atoms with Gasteiger partial charge in [0.05, 0.1) is 10.6 Å². The molecule has 1 heterocycles. The van der Waals surface area contributed by atoms with Crippen LogP contribution in [0.1, 0.15) is 48.2 Å². The average molecular weight is 458 g/mol. The molecule has 1 saturated heterocycles. The monoisotopic (exact) mass is 457 g/mol. The van der Waals surface area contributed by atoms with E-state index in [1.54, 1.807) is 18.2 Å². The third kappa shape index (κ3) is 6.33. The van der Waals surface area contributed by atoms with Gasteiger partial charge in [0.2, 0.25) is 0 Å². The SMILES string of the molecule is Cc1cccc(NS(=O)(=O)c2ccc(C(=O)NCCCN3CC(C)CC(C)C3)cc2)c1C. The first-order valence-corrected chi connectivity index (χ1v) is 12.8. The fourth-order valence-electron chi connectivity index (χ4n) is 4.43. The van der Waals surface area contributed by atoms with Crippen LogP contribution in [0.25, 0.3) is 0 Å². The van der Waals surface area contributed by atoms with Crippen molar-refractivity contribution < 1.29 is 13.2 Å². The minimum Gasteiger partial charge on any atom is -0.352 e. The van der Waals surface area contributed by atoms with Crippen LogP contribution >= 0.6 is 0 Å². The van der Waals surface area contributed by atoms with E-state index >= 15 is 0 Å². The molecule has 2 unspecified atom stereocenters. The van der Waals surface area contributed by atoms with Gasteiger partial charge in [-0.2, -0.15) is 0 Å². The third-order valence-corrected chi connectivity index (χ3v) is 7.54. The number of nitrogens with one attached hydrogen (secondary N) is 2. The Labute approximate surface area is 192 Å². The highest BCUT2D eigenvalue weighted by atomic mass is 32.2. The number of rotatable bonds is 8. The second-order valence-electron chi connectivity index (χ2n) is 9.19. The molecule has 0 aromatic heterocycles. The maximum absolute atomic E-state index is 12.7. The van der Waals surface area contributed by atoms with Crippen molar-refractivity contribution in [3.8, 4) is 0 Å². The number of nitrogens with zero attached hydrogens (tertiary/aromatic N) is 1. The Bertz CT molecular complexity index is 1020. The topological polar surface area (TPSA) is 78.5 Å². The summed E-state index contributed by atoms with van der Waals surface area (Å²) in [5.41, 5.74) is 2.92. The van der Waals surface area contributed by atoms with Crippen LogP contribution in [-0.2, 0) is 10.0 Å². The molecule has 0 bridgehead atoms. The minimum atomic E-state index is -3.72. The van der Waals surface area contributed by atoms with Gasteiger partial charge >= 0.3 is 0 Å². The molecule has 0 aliphatic carbocycles. The lowest BCUT2D eigenvalue weighted by molar-refractivity contribution is 0.0947. The van der Waals surface area contributed by atoms with Crippen LogP contribution in [0, 0.1) is 25.7 Å². The van der Waals surface area contributed by atoms with Crippen LogP contribution in [-0.4, -0.2) is 45.4 Å². The molecule has 2 aromatic carbocycles. The normalized spacial score (nSPS) is 19.5. The predicted molar refractivity (Wildman–Crippen MR) is 130 cm³/mol. The van der Waals surface area contributed by atoms with Gasteiger partial charge in [-0.1, -0.05) is 26.0 Å². The Morgan fingerprint density at radius 2 is 1.69 bits per heavy atom. The van der Waals surface area contributed by atoms with Crippen LogP contribution < -0.4 is 10.0 Å². The lowest BCUT2D eigenvalue weighted by Crippen LogP contribution is -2.40. The van der Waals surface area contributed by atoms with Gasteiger partial charge in [0.25, 0.3) is 15.9 Å². The van der Waals surface area contributed by atoms with Gasteiger partial charge in [-0.15, -0.1) is 0 Å². The van der Waals surface area contributed by atoms with E-state index in [1.165, 1.54) is 18.6 Å². The van der Waals surface area contributed by atoms with Crippen molar-refractivity contribution in [1.29, 1.82) is 0 Å². The number of carbonyl (C=O) groups is 1. The Kier molecular flexibility index (Phi) is 7.96. The van der Waals surface area contributed by atoms with Crippen LogP contribution in [0.5, 0.6) is 0 Å². The number of hydrogen-bond donors (Lipinski definition) is 2. The molecule has 1 aliphatic rings. The number of benzene rings is 2. The number of amides is 1. The molecule has 0 saturated carbocycles. The molecule has 2 aromatic rings. The van der Waals surface area contributed by atoms with Gasteiger partial charge in [-0.3, -0.25) is 9.52 Å². The highest BCUT2D eigenvalue weighted by molar-refractivity contribution is 7.92. The fraction of sp³-hybridized carbons (Fsp3) is 0.480. The lowest BCUT2D eigenvalue weighted by Gasteiger charge is -2.34. The molecule has 2 atom stereocenters. The molecule has 32 heavy (non-hydrogen) atoms. The summed E-state index contributed by atoms with van der Waals surface area (Å²) in [7, 11) is -3.72. The highest BCUT2D eigenvalue weighted by Crippen LogP contribution is 2.23. The molecule has 0 spiro atoms. The van der Waals surface area contributed by atoms with E-state index < -0.39 is 10.0 Å². The van der Waals surface area contributed by atoms with Crippen molar-refractivity contribution in [2.24, 2.45) is 11.8 Å².